The molecular weight excluding hydrogens is 288 g/mol. The summed E-state index contributed by atoms with van der Waals surface area (Å²) in [5.74, 6) is -2.46. The molecule has 112 valence electrons. The predicted octanol–water partition coefficient (Wildman–Crippen LogP) is 1.26. The molecule has 1 aromatic carbocycles. The van der Waals surface area contributed by atoms with E-state index < -0.39 is 30.8 Å². The first-order valence-electron chi connectivity index (χ1n) is 6.01. The van der Waals surface area contributed by atoms with Crippen LogP contribution in [0.15, 0.2) is 18.2 Å². The fourth-order valence-electron chi connectivity index (χ4n) is 1.96. The maximum atomic E-state index is 12.0. The lowest BCUT2D eigenvalue weighted by Gasteiger charge is -2.13. The van der Waals surface area contributed by atoms with E-state index in [0.717, 1.165) is 11.0 Å². The number of carboxylic acid groups (broad SMARTS) is 1. The van der Waals surface area contributed by atoms with Crippen molar-refractivity contribution in [3.05, 3.63) is 34.9 Å². The molecule has 1 heterocycles. The van der Waals surface area contributed by atoms with Crippen LogP contribution in [0, 0.1) is 0 Å². The molecule has 0 bridgehead atoms. The van der Waals surface area contributed by atoms with Gasteiger partial charge in [0.25, 0.3) is 18.2 Å². The second kappa shape index (κ2) is 5.96. The number of fused-ring (bicyclic) bond motifs is 1. The highest BCUT2D eigenvalue weighted by atomic mass is 19.3. The molecule has 1 N–H and O–H groups in total. The molecule has 0 unspecified atom stereocenters. The lowest BCUT2D eigenvalue weighted by Crippen LogP contribution is -2.33. The van der Waals surface area contributed by atoms with Crippen LogP contribution in [0.2, 0.25) is 0 Å². The second-order valence-electron chi connectivity index (χ2n) is 4.29. The molecule has 0 saturated carbocycles. The number of hydrogen-bond acceptors (Lipinski definition) is 4. The van der Waals surface area contributed by atoms with Crippen LogP contribution in [-0.4, -0.2) is 54.0 Å². The van der Waals surface area contributed by atoms with Crippen molar-refractivity contribution in [1.82, 2.24) is 4.90 Å². The molecule has 0 aliphatic carbocycles. The number of ether oxygens (including phenoxy) is 1. The first kappa shape index (κ1) is 15.0. The normalized spacial score (nSPS) is 14.0. The summed E-state index contributed by atoms with van der Waals surface area (Å²) in [4.78, 5) is 35.7. The van der Waals surface area contributed by atoms with Crippen LogP contribution >= 0.6 is 0 Å². The molecule has 0 atom stereocenters. The van der Waals surface area contributed by atoms with E-state index in [1.165, 1.54) is 12.1 Å². The molecule has 0 spiro atoms. The molecule has 1 aromatic rings. The molecule has 6 nitrogen and oxygen atoms in total. The lowest BCUT2D eigenvalue weighted by atomic mass is 10.1. The maximum Gasteiger partial charge on any atom is 0.335 e. The minimum absolute atomic E-state index is 0.00578. The summed E-state index contributed by atoms with van der Waals surface area (Å²) in [5, 5.41) is 8.86. The van der Waals surface area contributed by atoms with Crippen LogP contribution in [-0.2, 0) is 4.74 Å². The number of nitrogens with zero attached hydrogens (tertiary/aromatic N) is 1. The van der Waals surface area contributed by atoms with Gasteiger partial charge in [-0.3, -0.25) is 14.5 Å². The van der Waals surface area contributed by atoms with Gasteiger partial charge in [-0.15, -0.1) is 0 Å². The minimum atomic E-state index is -2.62. The predicted molar refractivity (Wildman–Crippen MR) is 65.6 cm³/mol. The Labute approximate surface area is 117 Å². The van der Waals surface area contributed by atoms with Gasteiger partial charge in [0.1, 0.15) is 6.61 Å². The third kappa shape index (κ3) is 3.05. The Morgan fingerprint density at radius 3 is 2.52 bits per heavy atom. The largest absolute Gasteiger partial charge is 0.478 e. The van der Waals surface area contributed by atoms with Crippen molar-refractivity contribution in [1.29, 1.82) is 0 Å². The Bertz CT molecular complexity index is 602. The van der Waals surface area contributed by atoms with Crippen LogP contribution < -0.4 is 0 Å². The van der Waals surface area contributed by atoms with Gasteiger partial charge >= 0.3 is 5.97 Å². The van der Waals surface area contributed by atoms with Gasteiger partial charge in [0.2, 0.25) is 0 Å². The standard InChI is InChI=1S/C13H11F2NO5/c14-10(15)6-21-4-3-16-11(17)8-2-1-7(13(19)20)5-9(8)12(16)18/h1-2,5,10H,3-4,6H2,(H,19,20). The highest BCUT2D eigenvalue weighted by Gasteiger charge is 2.35. The summed E-state index contributed by atoms with van der Waals surface area (Å²) in [6, 6.07) is 3.61. The monoisotopic (exact) mass is 299 g/mol. The summed E-state index contributed by atoms with van der Waals surface area (Å²) in [7, 11) is 0. The lowest BCUT2D eigenvalue weighted by molar-refractivity contribution is 0.0112. The van der Waals surface area contributed by atoms with Crippen molar-refractivity contribution >= 4 is 17.8 Å². The first-order valence-corrected chi connectivity index (χ1v) is 6.01. The third-order valence-corrected chi connectivity index (χ3v) is 2.92. The van der Waals surface area contributed by atoms with Gasteiger partial charge in [0, 0.05) is 0 Å². The van der Waals surface area contributed by atoms with Gasteiger partial charge in [-0.2, -0.15) is 0 Å². The van der Waals surface area contributed by atoms with E-state index in [2.05, 4.69) is 4.74 Å². The average Bonchev–Trinajstić information content (AvgIpc) is 2.67. The van der Waals surface area contributed by atoms with Crippen molar-refractivity contribution in [2.45, 2.75) is 6.43 Å². The number of carbonyl (C=O) groups is 3. The Balaban J connectivity index is 2.09. The summed E-state index contributed by atoms with van der Waals surface area (Å²) in [6.07, 6.45) is -2.62. The molecule has 8 heteroatoms. The van der Waals surface area contributed by atoms with Crippen LogP contribution in [0.3, 0.4) is 0 Å². The number of amides is 2. The SMILES string of the molecule is O=C(O)c1ccc2c(c1)C(=O)N(CCOCC(F)F)C2=O. The Hall–Kier alpha value is -2.35. The van der Waals surface area contributed by atoms with Crippen molar-refractivity contribution in [2.24, 2.45) is 0 Å². The fourth-order valence-corrected chi connectivity index (χ4v) is 1.96. The number of rotatable bonds is 6. The number of carboxylic acids is 1. The second-order valence-corrected chi connectivity index (χ2v) is 4.29. The van der Waals surface area contributed by atoms with Crippen molar-refractivity contribution in [3.63, 3.8) is 0 Å². The number of carbonyl (C=O) groups excluding carboxylic acids is 2. The van der Waals surface area contributed by atoms with Crippen molar-refractivity contribution < 1.29 is 33.0 Å². The molecule has 2 rings (SSSR count). The molecule has 21 heavy (non-hydrogen) atoms. The average molecular weight is 299 g/mol. The van der Waals surface area contributed by atoms with Gasteiger partial charge in [0.05, 0.1) is 29.8 Å². The van der Waals surface area contributed by atoms with E-state index in [-0.39, 0.29) is 29.8 Å². The highest BCUT2D eigenvalue weighted by Crippen LogP contribution is 2.23. The zero-order chi connectivity index (χ0) is 15.6. The Morgan fingerprint density at radius 2 is 1.90 bits per heavy atom. The molecule has 0 saturated heterocycles. The molecule has 2 amide bonds. The van der Waals surface area contributed by atoms with Crippen LogP contribution in [0.5, 0.6) is 0 Å². The van der Waals surface area contributed by atoms with E-state index >= 15 is 0 Å². The van der Waals surface area contributed by atoms with Gasteiger partial charge in [-0.1, -0.05) is 0 Å². The number of imide groups is 1. The summed E-state index contributed by atoms with van der Waals surface area (Å²) >= 11 is 0. The molecule has 0 aromatic heterocycles. The van der Waals surface area contributed by atoms with Crippen LogP contribution in [0.4, 0.5) is 8.78 Å². The summed E-state index contributed by atoms with van der Waals surface area (Å²) in [5.41, 5.74) is -0.0154. The van der Waals surface area contributed by atoms with Gasteiger partial charge in [-0.25, -0.2) is 13.6 Å². The van der Waals surface area contributed by atoms with E-state index in [0.29, 0.717) is 0 Å². The maximum absolute atomic E-state index is 12.0. The molecular formula is C13H11F2NO5. The summed E-state index contributed by atoms with van der Waals surface area (Å²) in [6.45, 7) is -1.14. The van der Waals surface area contributed by atoms with Gasteiger partial charge < -0.3 is 9.84 Å². The third-order valence-electron chi connectivity index (χ3n) is 2.92. The van der Waals surface area contributed by atoms with E-state index in [9.17, 15) is 23.2 Å². The Kier molecular flexibility index (Phi) is 4.27. The molecule has 0 fully saturated rings. The van der Waals surface area contributed by atoms with E-state index in [1.807, 2.05) is 0 Å². The topological polar surface area (TPSA) is 83.9 Å². The number of benzene rings is 1. The molecule has 1 aliphatic heterocycles. The number of aromatic carboxylic acids is 1. The molecule has 0 radical (unpaired) electrons. The zero-order valence-electron chi connectivity index (χ0n) is 10.7. The van der Waals surface area contributed by atoms with Crippen molar-refractivity contribution in [2.75, 3.05) is 19.8 Å². The highest BCUT2D eigenvalue weighted by molar-refractivity contribution is 6.21. The van der Waals surface area contributed by atoms with Crippen LogP contribution in [0.1, 0.15) is 31.1 Å². The first-order chi connectivity index (χ1) is 9.91. The van der Waals surface area contributed by atoms with E-state index in [4.69, 9.17) is 5.11 Å². The quantitative estimate of drug-likeness (QED) is 0.631. The van der Waals surface area contributed by atoms with Gasteiger partial charge in [0.15, 0.2) is 0 Å². The van der Waals surface area contributed by atoms with E-state index in [1.54, 1.807) is 0 Å². The summed E-state index contributed by atoms with van der Waals surface area (Å²) < 4.78 is 28.4. The van der Waals surface area contributed by atoms with Crippen LogP contribution in [0.25, 0.3) is 0 Å². The number of hydrogen-bond donors (Lipinski definition) is 1. The minimum Gasteiger partial charge on any atom is -0.478 e. The smallest absolute Gasteiger partial charge is 0.335 e. The van der Waals surface area contributed by atoms with Gasteiger partial charge in [-0.05, 0) is 18.2 Å². The fraction of sp³-hybridized carbons (Fsp3) is 0.308. The zero-order valence-corrected chi connectivity index (χ0v) is 10.7. The number of alkyl halides is 2. The van der Waals surface area contributed by atoms with Crippen molar-refractivity contribution in [3.8, 4) is 0 Å². The Morgan fingerprint density at radius 1 is 1.24 bits per heavy atom. The number of halogens is 2. The molecule has 1 aliphatic rings.